The minimum absolute atomic E-state index is 0.00899. The van der Waals surface area contributed by atoms with Gasteiger partial charge >= 0.3 is 0 Å². The number of hydrogen-bond acceptors (Lipinski definition) is 14. The number of aliphatic imine (C=N–C) groups is 1. The van der Waals surface area contributed by atoms with E-state index in [0.717, 1.165) is 0 Å². The molecule has 10 atom stereocenters. The molecular formula is C50H73N13O10S2. The fourth-order valence-electron chi connectivity index (χ4n) is 8.12. The zero-order valence-electron chi connectivity index (χ0n) is 43.0. The largest absolute Gasteiger partial charge is 0.370 e. The maximum atomic E-state index is 14.2. The molecule has 9 amide bonds. The number of amides is 9. The molecular weight excluding hydrogens is 1010 g/mol. The fourth-order valence-corrected chi connectivity index (χ4v) is 10.4. The van der Waals surface area contributed by atoms with Crippen molar-refractivity contribution in [2.75, 3.05) is 24.6 Å². The molecule has 2 aromatic carbocycles. The summed E-state index contributed by atoms with van der Waals surface area (Å²) in [6, 6.07) is 5.87. The summed E-state index contributed by atoms with van der Waals surface area (Å²) in [5, 5.41) is 21.3. The first-order valence-corrected chi connectivity index (χ1v) is 27.5. The van der Waals surface area contributed by atoms with Gasteiger partial charge in [0.2, 0.25) is 53.2 Å². The van der Waals surface area contributed by atoms with E-state index in [9.17, 15) is 47.9 Å². The molecule has 25 heteroatoms. The van der Waals surface area contributed by atoms with Gasteiger partial charge in [0.1, 0.15) is 54.6 Å². The fraction of sp³-hybridized carbons (Fsp3) is 0.540. The Morgan fingerprint density at radius 2 is 1.08 bits per heavy atom. The summed E-state index contributed by atoms with van der Waals surface area (Å²) in [6.07, 6.45) is 1.64. The first kappa shape index (κ1) is 60.8. The van der Waals surface area contributed by atoms with Crippen molar-refractivity contribution in [1.82, 2.24) is 47.4 Å². The number of nitrogens with one attached hydrogen (secondary N) is 8. The maximum Gasteiger partial charge on any atom is 0.243 e. The van der Waals surface area contributed by atoms with Crippen LogP contribution in [0.4, 0.5) is 0 Å². The molecule has 2 heterocycles. The number of carbonyl (C=O) groups is 10. The van der Waals surface area contributed by atoms with Gasteiger partial charge < -0.3 is 69.4 Å². The highest BCUT2D eigenvalue weighted by molar-refractivity contribution is 8.76. The van der Waals surface area contributed by atoms with Crippen molar-refractivity contribution in [3.05, 3.63) is 71.8 Å². The molecule has 2 fully saturated rings. The lowest BCUT2D eigenvalue weighted by atomic mass is 10.0. The minimum atomic E-state index is -1.30. The molecule has 410 valence electrons. The quantitative estimate of drug-likeness (QED) is 0.0398. The number of carbonyl (C=O) groups excluding carboxylic acids is 10. The van der Waals surface area contributed by atoms with Crippen LogP contribution in [0.3, 0.4) is 0 Å². The Labute approximate surface area is 445 Å². The van der Waals surface area contributed by atoms with Gasteiger partial charge in [0.15, 0.2) is 5.96 Å². The van der Waals surface area contributed by atoms with E-state index < -0.39 is 114 Å². The molecule has 2 saturated heterocycles. The van der Waals surface area contributed by atoms with Crippen LogP contribution >= 0.6 is 21.6 Å². The highest BCUT2D eigenvalue weighted by atomic mass is 33.1. The first-order chi connectivity index (χ1) is 35.7. The number of nitrogens with zero attached hydrogens (tertiary/aromatic N) is 2. The Kier molecular flexibility index (Phi) is 24.8. The number of nitrogens with two attached hydrogens (primary N) is 3. The number of benzene rings is 2. The van der Waals surface area contributed by atoms with E-state index in [1.165, 1.54) is 47.3 Å². The summed E-state index contributed by atoms with van der Waals surface area (Å²) >= 11 is 0. The second-order valence-corrected chi connectivity index (χ2v) is 21.6. The standard InChI is InChI=1S/C50H73N13O10S2/c1-28(2)22-37-47(71)62-39(24-33-16-10-7-11-17-33)46(70)58-34(25-64)26-74-75-27-35(51)49(73)63-21-13-19-40(63)48(72)57-31(5)42(66)59-36(18-12-20-54-50(52)53)44(68)61-38(23-32-14-8-6-9-15-32)45(69)56-29(3)41(65)55-30(4)43(67)60-37/h6-11,14-17,25,28-31,34-40H,12-13,18-24,26-27,51H2,1-5H3,(H,55,65)(H,56,69)(H,57,72)(H,58,70)(H,59,66)(H,60,67)(H,61,68)(H,62,71)(H4,52,53,54)/t29-,30-,31-,34+,35-,36-,37-,38-,39-,40-/m0/s1. The first-order valence-electron chi connectivity index (χ1n) is 25.0. The summed E-state index contributed by atoms with van der Waals surface area (Å²) < 4.78 is 0. The van der Waals surface area contributed by atoms with Crippen molar-refractivity contribution in [1.29, 1.82) is 0 Å². The van der Waals surface area contributed by atoms with E-state index in [4.69, 9.17) is 17.2 Å². The summed E-state index contributed by atoms with van der Waals surface area (Å²) in [6.45, 7) is 8.17. The van der Waals surface area contributed by atoms with E-state index in [1.54, 1.807) is 60.7 Å². The Hall–Kier alpha value is -6.73. The highest BCUT2D eigenvalue weighted by Crippen LogP contribution is 2.25. The average molecular weight is 1080 g/mol. The molecule has 0 saturated carbocycles. The summed E-state index contributed by atoms with van der Waals surface area (Å²) in [4.78, 5) is 142. The third-order valence-electron chi connectivity index (χ3n) is 12.2. The monoisotopic (exact) mass is 1080 g/mol. The SMILES string of the molecule is CC(C)C[C@@H]1NC(=O)[C@H](C)NC(=O)[C@H](C)NC(=O)[C@H](Cc2ccccc2)NC(=O)[C@H](CCCN=C(N)N)NC(=O)[C@H](C)NC(=O)[C@@H]2CCCN2C(=O)[C@@H](N)CSSC[C@@H](C=O)NC(=O)[C@H](Cc2ccccc2)NC1=O. The van der Waals surface area contributed by atoms with Gasteiger partial charge in [0, 0.05) is 37.4 Å². The lowest BCUT2D eigenvalue weighted by molar-refractivity contribution is -0.140. The molecule has 2 aliphatic heterocycles. The van der Waals surface area contributed by atoms with Crippen molar-refractivity contribution in [3.8, 4) is 0 Å². The molecule has 75 heavy (non-hydrogen) atoms. The predicted octanol–water partition coefficient (Wildman–Crippen LogP) is -1.58. The molecule has 0 aromatic heterocycles. The lowest BCUT2D eigenvalue weighted by Crippen LogP contribution is -2.60. The smallest absolute Gasteiger partial charge is 0.243 e. The summed E-state index contributed by atoms with van der Waals surface area (Å²) in [7, 11) is 2.36. The zero-order chi connectivity index (χ0) is 55.2. The zero-order valence-corrected chi connectivity index (χ0v) is 44.6. The van der Waals surface area contributed by atoms with Crippen molar-refractivity contribution >= 4 is 87.0 Å². The molecule has 2 aliphatic rings. The number of fused-ring (bicyclic) bond motifs is 1. The molecule has 4 rings (SSSR count). The Bertz CT molecular complexity index is 2330. The van der Waals surface area contributed by atoms with Crippen LogP contribution in [-0.4, -0.2) is 155 Å². The molecule has 2 aromatic rings. The van der Waals surface area contributed by atoms with Crippen LogP contribution in [0.2, 0.25) is 0 Å². The van der Waals surface area contributed by atoms with Crippen LogP contribution in [0.15, 0.2) is 65.7 Å². The van der Waals surface area contributed by atoms with Crippen LogP contribution in [0.1, 0.15) is 77.8 Å². The molecule has 0 spiro atoms. The lowest BCUT2D eigenvalue weighted by Gasteiger charge is -2.28. The Balaban J connectivity index is 1.65. The van der Waals surface area contributed by atoms with Gasteiger partial charge in [-0.2, -0.15) is 0 Å². The predicted molar refractivity (Wildman–Crippen MR) is 286 cm³/mol. The molecule has 0 unspecified atom stereocenters. The van der Waals surface area contributed by atoms with Crippen LogP contribution in [0, 0.1) is 5.92 Å². The van der Waals surface area contributed by atoms with Crippen LogP contribution in [-0.2, 0) is 60.8 Å². The van der Waals surface area contributed by atoms with Gasteiger partial charge in [-0.3, -0.25) is 48.1 Å². The van der Waals surface area contributed by atoms with Gasteiger partial charge in [0.05, 0.1) is 12.1 Å². The minimum Gasteiger partial charge on any atom is -0.370 e. The topological polar surface area (TPSA) is 361 Å². The van der Waals surface area contributed by atoms with Gasteiger partial charge in [-0.15, -0.1) is 0 Å². The van der Waals surface area contributed by atoms with Crippen molar-refractivity contribution in [3.63, 3.8) is 0 Å². The third-order valence-corrected chi connectivity index (χ3v) is 14.7. The van der Waals surface area contributed by atoms with Gasteiger partial charge in [-0.25, -0.2) is 0 Å². The van der Waals surface area contributed by atoms with E-state index in [2.05, 4.69) is 47.5 Å². The third kappa shape index (κ3) is 20.1. The number of hydrogen-bond donors (Lipinski definition) is 11. The van der Waals surface area contributed by atoms with E-state index >= 15 is 0 Å². The number of guanidine groups is 1. The molecule has 23 nitrogen and oxygen atoms in total. The van der Waals surface area contributed by atoms with Gasteiger partial charge in [-0.05, 0) is 69.9 Å². The van der Waals surface area contributed by atoms with Crippen molar-refractivity contribution in [2.45, 2.75) is 140 Å². The highest BCUT2D eigenvalue weighted by Gasteiger charge is 2.38. The Morgan fingerprint density at radius 3 is 1.61 bits per heavy atom. The molecule has 0 radical (unpaired) electrons. The van der Waals surface area contributed by atoms with E-state index in [0.29, 0.717) is 30.3 Å². The molecule has 0 aliphatic carbocycles. The van der Waals surface area contributed by atoms with Crippen LogP contribution in [0.5, 0.6) is 0 Å². The Morgan fingerprint density at radius 1 is 0.627 bits per heavy atom. The van der Waals surface area contributed by atoms with Gasteiger partial charge in [-0.1, -0.05) is 96.1 Å². The summed E-state index contributed by atoms with van der Waals surface area (Å²) in [5.41, 5.74) is 18.7. The summed E-state index contributed by atoms with van der Waals surface area (Å²) in [5.74, 6) is -6.50. The normalized spacial score (nSPS) is 27.0. The van der Waals surface area contributed by atoms with E-state index in [-0.39, 0.29) is 68.6 Å². The number of aldehydes is 1. The van der Waals surface area contributed by atoms with Crippen LogP contribution < -0.4 is 59.7 Å². The second-order valence-electron chi connectivity index (χ2n) is 19.0. The maximum absolute atomic E-state index is 14.2. The van der Waals surface area contributed by atoms with Crippen molar-refractivity contribution in [2.24, 2.45) is 28.1 Å². The van der Waals surface area contributed by atoms with Gasteiger partial charge in [0.25, 0.3) is 0 Å². The van der Waals surface area contributed by atoms with Crippen molar-refractivity contribution < 1.29 is 47.9 Å². The number of rotatable bonds is 11. The van der Waals surface area contributed by atoms with E-state index in [1.807, 2.05) is 13.8 Å². The molecule has 14 N–H and O–H groups in total. The van der Waals surface area contributed by atoms with Crippen LogP contribution in [0.25, 0.3) is 0 Å². The second kappa shape index (κ2) is 30.6. The average Bonchev–Trinajstić information content (AvgIpc) is 3.87. The molecule has 0 bridgehead atoms.